The van der Waals surface area contributed by atoms with Gasteiger partial charge in [0, 0.05) is 5.02 Å². The van der Waals surface area contributed by atoms with Gasteiger partial charge in [0.1, 0.15) is 0 Å². The molecule has 2 aromatic rings. The first-order valence-electron chi connectivity index (χ1n) is 7.50. The van der Waals surface area contributed by atoms with Gasteiger partial charge in [0.2, 0.25) is 6.79 Å². The lowest BCUT2D eigenvalue weighted by molar-refractivity contribution is -0.123. The highest BCUT2D eigenvalue weighted by Crippen LogP contribution is 2.37. The summed E-state index contributed by atoms with van der Waals surface area (Å²) in [5.41, 5.74) is 1.50. The maximum atomic E-state index is 12.6. The van der Waals surface area contributed by atoms with Crippen molar-refractivity contribution in [3.8, 4) is 11.5 Å². The van der Waals surface area contributed by atoms with Gasteiger partial charge in [0.05, 0.1) is 11.4 Å². The lowest BCUT2D eigenvalue weighted by atomic mass is 10.2. The van der Waals surface area contributed by atoms with E-state index in [0.29, 0.717) is 21.4 Å². The highest BCUT2D eigenvalue weighted by molar-refractivity contribution is 8.18. The molecule has 4 rings (SSSR count). The van der Waals surface area contributed by atoms with Gasteiger partial charge in [-0.3, -0.25) is 14.5 Å². The van der Waals surface area contributed by atoms with Crippen LogP contribution in [0.5, 0.6) is 11.5 Å². The number of benzene rings is 2. The van der Waals surface area contributed by atoms with Crippen LogP contribution in [0.3, 0.4) is 0 Å². The normalized spacial score (nSPS) is 17.6. The van der Waals surface area contributed by atoms with E-state index >= 15 is 0 Å². The molecule has 5 nitrogen and oxygen atoms in total. The van der Waals surface area contributed by atoms with Crippen molar-refractivity contribution < 1.29 is 19.1 Å². The summed E-state index contributed by atoms with van der Waals surface area (Å²) in [7, 11) is 0. The van der Waals surface area contributed by atoms with Crippen LogP contribution in [0.4, 0.5) is 4.79 Å². The Hall–Kier alpha value is -2.44. The molecule has 2 aromatic carbocycles. The van der Waals surface area contributed by atoms with Gasteiger partial charge >= 0.3 is 0 Å². The summed E-state index contributed by atoms with van der Waals surface area (Å²) < 4.78 is 10.6. The number of carbonyl (C=O) groups is 2. The Morgan fingerprint density at radius 3 is 2.76 bits per heavy atom. The second kappa shape index (κ2) is 6.46. The number of imide groups is 1. The van der Waals surface area contributed by atoms with E-state index in [0.717, 1.165) is 22.9 Å². The minimum atomic E-state index is -0.326. The zero-order chi connectivity index (χ0) is 17.4. The summed E-state index contributed by atoms with van der Waals surface area (Å²) >= 11 is 7.04. The number of fused-ring (bicyclic) bond motifs is 1. The fourth-order valence-corrected chi connectivity index (χ4v) is 3.62. The first-order chi connectivity index (χ1) is 12.1. The van der Waals surface area contributed by atoms with Crippen LogP contribution in [-0.4, -0.2) is 22.8 Å². The lowest BCUT2D eigenvalue weighted by Gasteiger charge is -2.13. The molecule has 126 valence electrons. The summed E-state index contributed by atoms with van der Waals surface area (Å²) in [4.78, 5) is 26.4. The Morgan fingerprint density at radius 1 is 1.12 bits per heavy atom. The minimum absolute atomic E-state index is 0.156. The van der Waals surface area contributed by atoms with Crippen molar-refractivity contribution in [1.82, 2.24) is 4.90 Å². The first-order valence-corrected chi connectivity index (χ1v) is 8.70. The third-order valence-corrected chi connectivity index (χ3v) is 5.13. The molecule has 0 aliphatic carbocycles. The molecule has 25 heavy (non-hydrogen) atoms. The molecule has 2 heterocycles. The lowest BCUT2D eigenvalue weighted by Crippen LogP contribution is -2.27. The molecule has 0 saturated carbocycles. The summed E-state index contributed by atoms with van der Waals surface area (Å²) in [5.74, 6) is 0.973. The summed E-state index contributed by atoms with van der Waals surface area (Å²) in [6, 6.07) is 12.5. The van der Waals surface area contributed by atoms with Crippen molar-refractivity contribution in [1.29, 1.82) is 0 Å². The molecular weight excluding hydrogens is 362 g/mol. The molecule has 2 amide bonds. The van der Waals surface area contributed by atoms with Crippen LogP contribution >= 0.6 is 23.4 Å². The second-order valence-electron chi connectivity index (χ2n) is 5.47. The van der Waals surface area contributed by atoms with Crippen LogP contribution in [0.15, 0.2) is 47.4 Å². The monoisotopic (exact) mass is 373 g/mol. The Labute approximate surface area is 153 Å². The van der Waals surface area contributed by atoms with Crippen LogP contribution in [-0.2, 0) is 11.3 Å². The van der Waals surface area contributed by atoms with Gasteiger partial charge in [-0.25, -0.2) is 0 Å². The van der Waals surface area contributed by atoms with Gasteiger partial charge in [-0.15, -0.1) is 0 Å². The zero-order valence-electron chi connectivity index (χ0n) is 12.9. The molecule has 0 N–H and O–H groups in total. The van der Waals surface area contributed by atoms with Crippen molar-refractivity contribution >= 4 is 40.6 Å². The van der Waals surface area contributed by atoms with E-state index in [1.54, 1.807) is 36.4 Å². The standard InChI is InChI=1S/C18H12ClNO4S/c19-13-4-2-1-3-12(13)9-20-17(21)16(25-18(20)22)8-11-5-6-14-15(7-11)24-10-23-14/h1-8H,9-10H2. The number of halogens is 1. The third-order valence-electron chi connectivity index (χ3n) is 3.85. The fourth-order valence-electron chi connectivity index (χ4n) is 2.59. The molecule has 1 fully saturated rings. The van der Waals surface area contributed by atoms with Crippen molar-refractivity contribution in [2.45, 2.75) is 6.54 Å². The molecule has 2 aliphatic heterocycles. The van der Waals surface area contributed by atoms with Crippen LogP contribution < -0.4 is 9.47 Å². The summed E-state index contributed by atoms with van der Waals surface area (Å²) in [6.45, 7) is 0.343. The Balaban J connectivity index is 1.57. The third kappa shape index (κ3) is 3.10. The van der Waals surface area contributed by atoms with Gasteiger partial charge in [-0.05, 0) is 47.2 Å². The largest absolute Gasteiger partial charge is 0.454 e. The Morgan fingerprint density at radius 2 is 1.92 bits per heavy atom. The highest BCUT2D eigenvalue weighted by Gasteiger charge is 2.35. The van der Waals surface area contributed by atoms with Crippen LogP contribution in [0.25, 0.3) is 6.08 Å². The predicted molar refractivity (Wildman–Crippen MR) is 95.5 cm³/mol. The topological polar surface area (TPSA) is 55.8 Å². The molecule has 2 aliphatic rings. The van der Waals surface area contributed by atoms with E-state index in [9.17, 15) is 9.59 Å². The van der Waals surface area contributed by atoms with E-state index in [-0.39, 0.29) is 24.5 Å². The van der Waals surface area contributed by atoms with Crippen LogP contribution in [0, 0.1) is 0 Å². The maximum Gasteiger partial charge on any atom is 0.293 e. The molecule has 0 atom stereocenters. The highest BCUT2D eigenvalue weighted by atomic mass is 35.5. The van der Waals surface area contributed by atoms with E-state index in [4.69, 9.17) is 21.1 Å². The number of amides is 2. The number of ether oxygens (including phenoxy) is 2. The predicted octanol–water partition coefficient (Wildman–Crippen LogP) is 4.31. The summed E-state index contributed by atoms with van der Waals surface area (Å²) in [5, 5.41) is 0.221. The second-order valence-corrected chi connectivity index (χ2v) is 6.87. The van der Waals surface area contributed by atoms with E-state index < -0.39 is 0 Å². The molecule has 0 aromatic heterocycles. The van der Waals surface area contributed by atoms with Crippen molar-refractivity contribution in [2.75, 3.05) is 6.79 Å². The number of rotatable bonds is 3. The molecule has 0 bridgehead atoms. The molecule has 1 saturated heterocycles. The molecule has 0 spiro atoms. The van der Waals surface area contributed by atoms with Gasteiger partial charge in [0.15, 0.2) is 11.5 Å². The Kier molecular flexibility index (Phi) is 4.15. The smallest absolute Gasteiger partial charge is 0.293 e. The average molecular weight is 374 g/mol. The number of hydrogen-bond acceptors (Lipinski definition) is 5. The van der Waals surface area contributed by atoms with Crippen molar-refractivity contribution in [2.24, 2.45) is 0 Å². The van der Waals surface area contributed by atoms with Crippen LogP contribution in [0.2, 0.25) is 5.02 Å². The number of nitrogens with zero attached hydrogens (tertiary/aromatic N) is 1. The molecule has 7 heteroatoms. The molecular formula is C18H12ClNO4S. The average Bonchev–Trinajstić information content (AvgIpc) is 3.16. The van der Waals surface area contributed by atoms with Gasteiger partial charge in [-0.2, -0.15) is 0 Å². The van der Waals surface area contributed by atoms with Crippen molar-refractivity contribution in [3.05, 3.63) is 63.5 Å². The van der Waals surface area contributed by atoms with Gasteiger partial charge in [-0.1, -0.05) is 35.9 Å². The van der Waals surface area contributed by atoms with E-state index in [1.807, 2.05) is 12.1 Å². The molecule has 0 radical (unpaired) electrons. The number of thioether (sulfide) groups is 1. The zero-order valence-corrected chi connectivity index (χ0v) is 14.5. The van der Waals surface area contributed by atoms with E-state index in [1.165, 1.54) is 4.90 Å². The summed E-state index contributed by atoms with van der Waals surface area (Å²) in [6.07, 6.45) is 1.68. The number of carbonyl (C=O) groups excluding carboxylic acids is 2. The fraction of sp³-hybridized carbons (Fsp3) is 0.111. The Bertz CT molecular complexity index is 912. The van der Waals surface area contributed by atoms with Crippen LogP contribution in [0.1, 0.15) is 11.1 Å². The van der Waals surface area contributed by atoms with Gasteiger partial charge in [0.25, 0.3) is 11.1 Å². The minimum Gasteiger partial charge on any atom is -0.454 e. The van der Waals surface area contributed by atoms with Crippen molar-refractivity contribution in [3.63, 3.8) is 0 Å². The molecule has 0 unspecified atom stereocenters. The SMILES string of the molecule is O=C1SC(=Cc2ccc3c(c2)OCO3)C(=O)N1Cc1ccccc1Cl. The van der Waals surface area contributed by atoms with E-state index in [2.05, 4.69) is 0 Å². The number of hydrogen-bond donors (Lipinski definition) is 0. The first kappa shape index (κ1) is 16.1. The van der Waals surface area contributed by atoms with Gasteiger partial charge < -0.3 is 9.47 Å². The maximum absolute atomic E-state index is 12.6. The quantitative estimate of drug-likeness (QED) is 0.750.